The van der Waals surface area contributed by atoms with E-state index >= 15 is 0 Å². The van der Waals surface area contributed by atoms with Crippen LogP contribution < -0.4 is 5.32 Å². The zero-order valence-electron chi connectivity index (χ0n) is 16.9. The van der Waals surface area contributed by atoms with Gasteiger partial charge in [-0.25, -0.2) is 27.2 Å². The summed E-state index contributed by atoms with van der Waals surface area (Å²) >= 11 is 0. The fourth-order valence-corrected chi connectivity index (χ4v) is 3.97. The van der Waals surface area contributed by atoms with Gasteiger partial charge in [0.05, 0.1) is 0 Å². The first-order valence-corrected chi connectivity index (χ1v) is 9.94. The molecule has 0 saturated carbocycles. The Bertz CT molecular complexity index is 1200. The third kappa shape index (κ3) is 4.26. The van der Waals surface area contributed by atoms with Crippen molar-refractivity contribution in [2.45, 2.75) is 18.4 Å². The second kappa shape index (κ2) is 8.93. The summed E-state index contributed by atoms with van der Waals surface area (Å²) in [6, 6.07) is 13.8. The van der Waals surface area contributed by atoms with Crippen LogP contribution in [0.3, 0.4) is 0 Å². The number of rotatable bonds is 6. The molecule has 0 fully saturated rings. The number of carboxylic acid groups (broad SMARTS) is 1. The molecule has 9 heteroatoms. The molecule has 5 nitrogen and oxygen atoms in total. The number of carboxylic acids is 1. The van der Waals surface area contributed by atoms with Gasteiger partial charge in [0.1, 0.15) is 12.6 Å². The lowest BCUT2D eigenvalue weighted by atomic mass is 9.98. The van der Waals surface area contributed by atoms with Gasteiger partial charge in [-0.15, -0.1) is 0 Å². The van der Waals surface area contributed by atoms with Crippen LogP contribution in [0.4, 0.5) is 22.4 Å². The lowest BCUT2D eigenvalue weighted by Crippen LogP contribution is -2.43. The highest BCUT2D eigenvalue weighted by atomic mass is 19.2. The van der Waals surface area contributed by atoms with Crippen molar-refractivity contribution in [1.29, 1.82) is 0 Å². The molecule has 1 aliphatic rings. The third-order valence-electron chi connectivity index (χ3n) is 5.54. The van der Waals surface area contributed by atoms with Gasteiger partial charge in [-0.05, 0) is 33.9 Å². The van der Waals surface area contributed by atoms with Crippen LogP contribution in [0.5, 0.6) is 0 Å². The van der Waals surface area contributed by atoms with Gasteiger partial charge in [-0.3, -0.25) is 0 Å². The number of hydrogen-bond acceptors (Lipinski definition) is 3. The molecule has 33 heavy (non-hydrogen) atoms. The first-order chi connectivity index (χ1) is 15.8. The van der Waals surface area contributed by atoms with Crippen LogP contribution >= 0.6 is 0 Å². The van der Waals surface area contributed by atoms with E-state index in [-0.39, 0.29) is 12.5 Å². The predicted molar refractivity (Wildman–Crippen MR) is 110 cm³/mol. The molecule has 0 heterocycles. The summed E-state index contributed by atoms with van der Waals surface area (Å²) in [5.74, 6) is -9.33. The Balaban J connectivity index is 1.46. The van der Waals surface area contributed by atoms with Crippen LogP contribution in [-0.2, 0) is 16.0 Å². The number of nitrogens with one attached hydrogen (secondary N) is 1. The predicted octanol–water partition coefficient (Wildman–Crippen LogP) is 4.78. The summed E-state index contributed by atoms with van der Waals surface area (Å²) in [6.45, 7) is -0.0969. The van der Waals surface area contributed by atoms with Gasteiger partial charge < -0.3 is 15.2 Å². The molecule has 4 rings (SSSR count). The van der Waals surface area contributed by atoms with E-state index in [0.29, 0.717) is 6.07 Å². The maximum absolute atomic E-state index is 13.9. The van der Waals surface area contributed by atoms with Gasteiger partial charge in [-0.2, -0.15) is 0 Å². The fourth-order valence-electron chi connectivity index (χ4n) is 3.97. The van der Waals surface area contributed by atoms with Crippen molar-refractivity contribution in [1.82, 2.24) is 5.32 Å². The summed E-state index contributed by atoms with van der Waals surface area (Å²) in [4.78, 5) is 23.8. The SMILES string of the molecule is O=C(NC(Cc1cc(F)c(F)c(F)c1F)C(=O)O)OCC1c2ccccc2-c2ccccc21. The van der Waals surface area contributed by atoms with Crippen LogP contribution in [0.1, 0.15) is 22.6 Å². The van der Waals surface area contributed by atoms with Crippen molar-refractivity contribution >= 4 is 12.1 Å². The van der Waals surface area contributed by atoms with Gasteiger partial charge in [0.25, 0.3) is 0 Å². The molecule has 1 amide bonds. The molecular weight excluding hydrogens is 442 g/mol. The van der Waals surface area contributed by atoms with Gasteiger partial charge in [0.15, 0.2) is 23.3 Å². The van der Waals surface area contributed by atoms with Gasteiger partial charge >= 0.3 is 12.1 Å². The number of hydrogen-bond donors (Lipinski definition) is 2. The highest BCUT2D eigenvalue weighted by molar-refractivity contribution is 5.81. The van der Waals surface area contributed by atoms with E-state index in [1.54, 1.807) is 0 Å². The minimum absolute atomic E-state index is 0.0969. The normalized spacial score (nSPS) is 13.2. The Labute approximate surface area is 185 Å². The second-order valence-electron chi connectivity index (χ2n) is 7.52. The lowest BCUT2D eigenvalue weighted by Gasteiger charge is -2.18. The van der Waals surface area contributed by atoms with Crippen molar-refractivity contribution in [2.75, 3.05) is 6.61 Å². The summed E-state index contributed by atoms with van der Waals surface area (Å²) < 4.78 is 59.2. The van der Waals surface area contributed by atoms with Crippen LogP contribution in [0.25, 0.3) is 11.1 Å². The molecule has 1 aliphatic carbocycles. The van der Waals surface area contributed by atoms with E-state index in [0.717, 1.165) is 22.3 Å². The average molecular weight is 459 g/mol. The van der Waals surface area contributed by atoms with E-state index in [9.17, 15) is 32.3 Å². The van der Waals surface area contributed by atoms with Gasteiger partial charge in [-0.1, -0.05) is 48.5 Å². The van der Waals surface area contributed by atoms with Gasteiger partial charge in [0, 0.05) is 12.3 Å². The van der Waals surface area contributed by atoms with E-state index in [4.69, 9.17) is 4.74 Å². The van der Waals surface area contributed by atoms with Crippen LogP contribution in [0.15, 0.2) is 54.6 Å². The number of fused-ring (bicyclic) bond motifs is 3. The Morgan fingerprint density at radius 3 is 2.06 bits per heavy atom. The van der Waals surface area contributed by atoms with Crippen LogP contribution in [0, 0.1) is 23.3 Å². The summed E-state index contributed by atoms with van der Waals surface area (Å²) in [6.07, 6.45) is -1.92. The van der Waals surface area contributed by atoms with E-state index in [1.165, 1.54) is 0 Å². The quantitative estimate of drug-likeness (QED) is 0.316. The smallest absolute Gasteiger partial charge is 0.407 e. The molecule has 1 unspecified atom stereocenters. The monoisotopic (exact) mass is 459 g/mol. The molecule has 0 spiro atoms. The van der Waals surface area contributed by atoms with E-state index in [2.05, 4.69) is 5.32 Å². The zero-order valence-corrected chi connectivity index (χ0v) is 16.9. The molecule has 0 aliphatic heterocycles. The second-order valence-corrected chi connectivity index (χ2v) is 7.52. The zero-order chi connectivity index (χ0) is 23.7. The molecule has 0 aromatic heterocycles. The highest BCUT2D eigenvalue weighted by Crippen LogP contribution is 2.44. The first kappa shape index (κ1) is 22.3. The summed E-state index contributed by atoms with van der Waals surface area (Å²) in [7, 11) is 0. The van der Waals surface area contributed by atoms with Crippen molar-refractivity contribution < 1.29 is 37.0 Å². The molecule has 0 bridgehead atoms. The molecule has 1 atom stereocenters. The maximum Gasteiger partial charge on any atom is 0.407 e. The third-order valence-corrected chi connectivity index (χ3v) is 5.54. The molecule has 3 aromatic rings. The van der Waals surface area contributed by atoms with Crippen LogP contribution in [0.2, 0.25) is 0 Å². The minimum Gasteiger partial charge on any atom is -0.480 e. The number of ether oxygens (including phenoxy) is 1. The number of carbonyl (C=O) groups is 2. The number of carbonyl (C=O) groups excluding carboxylic acids is 1. The van der Waals surface area contributed by atoms with Crippen LogP contribution in [-0.4, -0.2) is 29.8 Å². The van der Waals surface area contributed by atoms with E-state index in [1.807, 2.05) is 48.5 Å². The molecular formula is C24H17F4NO4. The summed E-state index contributed by atoms with van der Waals surface area (Å²) in [5.41, 5.74) is 3.15. The number of halogens is 4. The van der Waals surface area contributed by atoms with E-state index < -0.39 is 53.4 Å². The maximum atomic E-state index is 13.9. The topological polar surface area (TPSA) is 75.6 Å². The van der Waals surface area contributed by atoms with Crippen molar-refractivity contribution in [3.8, 4) is 11.1 Å². The number of alkyl carbamates (subject to hydrolysis) is 1. The first-order valence-electron chi connectivity index (χ1n) is 9.94. The molecule has 0 radical (unpaired) electrons. The average Bonchev–Trinajstić information content (AvgIpc) is 3.13. The lowest BCUT2D eigenvalue weighted by molar-refractivity contribution is -0.139. The standard InChI is InChI=1S/C24H17F4NO4/c25-18-9-12(20(26)22(28)21(18)27)10-19(23(30)31)29-24(32)33-11-17-15-7-3-1-5-13(15)14-6-2-4-8-16(14)17/h1-9,17,19H,10-11H2,(H,29,32)(H,30,31). The van der Waals surface area contributed by atoms with Gasteiger partial charge in [0.2, 0.25) is 0 Å². The molecule has 170 valence electrons. The largest absolute Gasteiger partial charge is 0.480 e. The Morgan fingerprint density at radius 2 is 1.48 bits per heavy atom. The Kier molecular flexibility index (Phi) is 6.04. The highest BCUT2D eigenvalue weighted by Gasteiger charge is 2.30. The Morgan fingerprint density at radius 1 is 0.909 bits per heavy atom. The minimum atomic E-state index is -2.06. The number of aliphatic carboxylic acids is 1. The number of benzene rings is 3. The van der Waals surface area contributed by atoms with Crippen molar-refractivity contribution in [2.24, 2.45) is 0 Å². The fraction of sp³-hybridized carbons (Fsp3) is 0.167. The number of amides is 1. The molecule has 2 N–H and O–H groups in total. The Hall–Kier alpha value is -3.88. The summed E-state index contributed by atoms with van der Waals surface area (Å²) in [5, 5.41) is 11.4. The molecule has 0 saturated heterocycles. The molecule has 3 aromatic carbocycles. The van der Waals surface area contributed by atoms with Crippen molar-refractivity contribution in [3.05, 3.63) is 94.6 Å². The van der Waals surface area contributed by atoms with Crippen molar-refractivity contribution in [3.63, 3.8) is 0 Å².